The van der Waals surface area contributed by atoms with E-state index < -0.39 is 0 Å². The van der Waals surface area contributed by atoms with E-state index in [1.165, 1.54) is 0 Å². The Balaban J connectivity index is 3.67. The van der Waals surface area contributed by atoms with Crippen molar-refractivity contribution in [2.75, 3.05) is 6.54 Å². The van der Waals surface area contributed by atoms with Crippen LogP contribution in [-0.2, 0) is 4.79 Å². The van der Waals surface area contributed by atoms with Crippen molar-refractivity contribution in [1.82, 2.24) is 0 Å². The van der Waals surface area contributed by atoms with E-state index in [1.54, 1.807) is 0 Å². The van der Waals surface area contributed by atoms with Gasteiger partial charge in [-0.15, -0.1) is 0 Å². The van der Waals surface area contributed by atoms with Crippen molar-refractivity contribution in [3.05, 3.63) is 10.1 Å². The molecule has 0 amide bonds. The summed E-state index contributed by atoms with van der Waals surface area (Å²) in [4.78, 5) is 20.0. The van der Waals surface area contributed by atoms with Crippen molar-refractivity contribution in [1.29, 1.82) is 0 Å². The molecule has 0 bridgehead atoms. The van der Waals surface area contributed by atoms with Crippen LogP contribution >= 0.6 is 0 Å². The van der Waals surface area contributed by atoms with Gasteiger partial charge in [0.15, 0.2) is 0 Å². The average Bonchev–Trinajstić information content (AvgIpc) is 1.97. The number of hydrogen-bond donors (Lipinski definition) is 0. The Bertz CT molecular complexity index is 156. The maximum Gasteiger partial charge on any atom is 0.204 e. The van der Waals surface area contributed by atoms with E-state index in [2.05, 4.69) is 0 Å². The minimum atomic E-state index is -0.378. The topological polar surface area (TPSA) is 60.2 Å². The molecule has 0 radical (unpaired) electrons. The van der Waals surface area contributed by atoms with Crippen LogP contribution in [0.1, 0.15) is 26.7 Å². The SMILES string of the molecule is CC(C)C[C@@H](C=O)CC[N+](=O)[O-]. The minimum absolute atomic E-state index is 0.101. The minimum Gasteiger partial charge on any atom is -0.303 e. The van der Waals surface area contributed by atoms with Crippen LogP contribution in [-0.4, -0.2) is 17.8 Å². The fraction of sp³-hybridized carbons (Fsp3) is 0.875. The second-order valence-electron chi connectivity index (χ2n) is 3.37. The standard InChI is InChI=1S/C8H15NO3/c1-7(2)5-8(6-10)3-4-9(11)12/h6-8H,3-5H2,1-2H3/t8-/m0/s1. The summed E-state index contributed by atoms with van der Waals surface area (Å²) in [5.41, 5.74) is 0. The molecule has 0 saturated carbocycles. The first kappa shape index (κ1) is 11.1. The Hall–Kier alpha value is -0.930. The smallest absolute Gasteiger partial charge is 0.204 e. The third-order valence-electron chi connectivity index (χ3n) is 1.65. The molecule has 0 aliphatic rings. The molecule has 0 rings (SSSR count). The van der Waals surface area contributed by atoms with E-state index in [4.69, 9.17) is 0 Å². The number of aldehydes is 1. The first-order valence-electron chi connectivity index (χ1n) is 4.13. The van der Waals surface area contributed by atoms with Gasteiger partial charge in [0.2, 0.25) is 6.54 Å². The molecule has 0 aliphatic heterocycles. The van der Waals surface area contributed by atoms with Crippen LogP contribution in [0, 0.1) is 22.0 Å². The number of nitro groups is 1. The quantitative estimate of drug-likeness (QED) is 0.347. The van der Waals surface area contributed by atoms with Crippen molar-refractivity contribution >= 4 is 6.29 Å². The maximum absolute atomic E-state index is 10.4. The number of carbonyl (C=O) groups is 1. The zero-order valence-electron chi connectivity index (χ0n) is 7.53. The molecule has 0 saturated heterocycles. The van der Waals surface area contributed by atoms with Crippen LogP contribution in [0.2, 0.25) is 0 Å². The van der Waals surface area contributed by atoms with E-state index >= 15 is 0 Å². The zero-order valence-corrected chi connectivity index (χ0v) is 7.53. The molecular formula is C8H15NO3. The predicted molar refractivity (Wildman–Crippen MR) is 45.5 cm³/mol. The second-order valence-corrected chi connectivity index (χ2v) is 3.37. The van der Waals surface area contributed by atoms with Crippen LogP contribution in [0.5, 0.6) is 0 Å². The van der Waals surface area contributed by atoms with Gasteiger partial charge in [0.05, 0.1) is 0 Å². The molecule has 0 unspecified atom stereocenters. The highest BCUT2D eigenvalue weighted by molar-refractivity contribution is 5.53. The van der Waals surface area contributed by atoms with Crippen molar-refractivity contribution < 1.29 is 9.72 Å². The maximum atomic E-state index is 10.4. The molecule has 1 atom stereocenters. The van der Waals surface area contributed by atoms with Gasteiger partial charge in [-0.25, -0.2) is 0 Å². The van der Waals surface area contributed by atoms with E-state index in [-0.39, 0.29) is 17.4 Å². The predicted octanol–water partition coefficient (Wildman–Crippen LogP) is 1.51. The molecule has 0 aromatic carbocycles. The van der Waals surface area contributed by atoms with Crippen LogP contribution in [0.4, 0.5) is 0 Å². The lowest BCUT2D eigenvalue weighted by molar-refractivity contribution is -0.481. The van der Waals surface area contributed by atoms with Gasteiger partial charge in [-0.3, -0.25) is 10.1 Å². The molecule has 0 N–H and O–H groups in total. The molecule has 0 aromatic heterocycles. The third kappa shape index (κ3) is 5.82. The molecule has 12 heavy (non-hydrogen) atoms. The van der Waals surface area contributed by atoms with E-state index in [0.29, 0.717) is 12.3 Å². The molecule has 0 spiro atoms. The summed E-state index contributed by atoms with van der Waals surface area (Å²) in [7, 11) is 0. The van der Waals surface area contributed by atoms with Crippen molar-refractivity contribution in [3.63, 3.8) is 0 Å². The summed E-state index contributed by atoms with van der Waals surface area (Å²) in [6.45, 7) is 3.90. The summed E-state index contributed by atoms with van der Waals surface area (Å²) in [6.07, 6.45) is 1.94. The van der Waals surface area contributed by atoms with Gasteiger partial charge < -0.3 is 4.79 Å². The number of rotatable bonds is 6. The largest absolute Gasteiger partial charge is 0.303 e. The average molecular weight is 173 g/mol. The van der Waals surface area contributed by atoms with Crippen molar-refractivity contribution in [3.8, 4) is 0 Å². The molecule has 0 heterocycles. The van der Waals surface area contributed by atoms with E-state index in [9.17, 15) is 14.9 Å². The highest BCUT2D eigenvalue weighted by Crippen LogP contribution is 2.12. The third-order valence-corrected chi connectivity index (χ3v) is 1.65. The Labute approximate surface area is 72.1 Å². The first-order chi connectivity index (χ1) is 5.56. The van der Waals surface area contributed by atoms with Gasteiger partial charge in [-0.05, 0) is 12.3 Å². The Kier molecular flexibility index (Phi) is 5.25. The molecule has 0 aliphatic carbocycles. The molecule has 0 aromatic rings. The Morgan fingerprint density at radius 2 is 2.08 bits per heavy atom. The normalized spacial score (nSPS) is 12.9. The lowest BCUT2D eigenvalue weighted by Gasteiger charge is -2.09. The lowest BCUT2D eigenvalue weighted by Crippen LogP contribution is -2.12. The fourth-order valence-electron chi connectivity index (χ4n) is 1.12. The van der Waals surface area contributed by atoms with Crippen LogP contribution in [0.3, 0.4) is 0 Å². The lowest BCUT2D eigenvalue weighted by atomic mass is 9.96. The highest BCUT2D eigenvalue weighted by atomic mass is 16.6. The molecular weight excluding hydrogens is 158 g/mol. The summed E-state index contributed by atoms with van der Waals surface area (Å²) in [5.74, 6) is 0.280. The van der Waals surface area contributed by atoms with Crippen LogP contribution < -0.4 is 0 Å². The molecule has 0 fully saturated rings. The van der Waals surface area contributed by atoms with Gasteiger partial charge >= 0.3 is 0 Å². The van der Waals surface area contributed by atoms with Gasteiger partial charge in [0.25, 0.3) is 0 Å². The van der Waals surface area contributed by atoms with Gasteiger partial charge in [0, 0.05) is 17.3 Å². The second kappa shape index (κ2) is 5.69. The zero-order chi connectivity index (χ0) is 9.56. The first-order valence-corrected chi connectivity index (χ1v) is 4.13. The van der Waals surface area contributed by atoms with Gasteiger partial charge in [0.1, 0.15) is 6.29 Å². The van der Waals surface area contributed by atoms with Gasteiger partial charge in [-0.2, -0.15) is 0 Å². The highest BCUT2D eigenvalue weighted by Gasteiger charge is 2.12. The van der Waals surface area contributed by atoms with Gasteiger partial charge in [-0.1, -0.05) is 13.8 Å². The molecule has 4 nitrogen and oxygen atoms in total. The number of carbonyl (C=O) groups excluding carboxylic acids is 1. The molecule has 4 heteroatoms. The number of nitrogens with zero attached hydrogens (tertiary/aromatic N) is 1. The summed E-state index contributed by atoms with van der Waals surface area (Å²) < 4.78 is 0. The Morgan fingerprint density at radius 3 is 2.42 bits per heavy atom. The van der Waals surface area contributed by atoms with Crippen molar-refractivity contribution in [2.24, 2.45) is 11.8 Å². The van der Waals surface area contributed by atoms with Crippen molar-refractivity contribution in [2.45, 2.75) is 26.7 Å². The number of hydrogen-bond acceptors (Lipinski definition) is 3. The fourth-order valence-corrected chi connectivity index (χ4v) is 1.12. The Morgan fingerprint density at radius 1 is 1.50 bits per heavy atom. The summed E-state index contributed by atoms with van der Waals surface area (Å²) >= 11 is 0. The van der Waals surface area contributed by atoms with Crippen LogP contribution in [0.15, 0.2) is 0 Å². The van der Waals surface area contributed by atoms with E-state index in [1.807, 2.05) is 13.8 Å². The van der Waals surface area contributed by atoms with Crippen LogP contribution in [0.25, 0.3) is 0 Å². The summed E-state index contributed by atoms with van der Waals surface area (Å²) in [6, 6.07) is 0. The summed E-state index contributed by atoms with van der Waals surface area (Å²) in [5, 5.41) is 10.00. The molecule has 70 valence electrons. The monoisotopic (exact) mass is 173 g/mol. The van der Waals surface area contributed by atoms with E-state index in [0.717, 1.165) is 12.7 Å².